The predicted octanol–water partition coefficient (Wildman–Crippen LogP) is 2.92. The first-order chi connectivity index (χ1) is 8.63. The Kier molecular flexibility index (Phi) is 5.72. The van der Waals surface area contributed by atoms with Gasteiger partial charge < -0.3 is 10.4 Å². The van der Waals surface area contributed by atoms with Crippen LogP contribution in [0, 0.1) is 18.3 Å². The lowest BCUT2D eigenvalue weighted by Gasteiger charge is -2.09. The quantitative estimate of drug-likeness (QED) is 0.725. The largest absolute Gasteiger partial charge is 0.481 e. The van der Waals surface area contributed by atoms with Gasteiger partial charge in [0.15, 0.2) is 0 Å². The lowest BCUT2D eigenvalue weighted by atomic mass is 10.1. The van der Waals surface area contributed by atoms with Crippen molar-refractivity contribution in [2.24, 2.45) is 0 Å². The Balaban J connectivity index is 2.31. The van der Waals surface area contributed by atoms with Gasteiger partial charge in [0.2, 0.25) is 0 Å². The second kappa shape index (κ2) is 7.33. The topological polar surface area (TPSA) is 73.1 Å². The van der Waals surface area contributed by atoms with Crippen LogP contribution in [0.25, 0.3) is 0 Å². The van der Waals surface area contributed by atoms with Crippen LogP contribution in [-0.2, 0) is 4.79 Å². The summed E-state index contributed by atoms with van der Waals surface area (Å²) in [7, 11) is 0. The Morgan fingerprint density at radius 2 is 2.17 bits per heavy atom. The molecule has 0 aromatic heterocycles. The van der Waals surface area contributed by atoms with E-state index in [1.165, 1.54) is 0 Å². The average molecular weight is 246 g/mol. The highest BCUT2D eigenvalue weighted by atomic mass is 16.4. The fourth-order valence-corrected chi connectivity index (χ4v) is 1.68. The van der Waals surface area contributed by atoms with Gasteiger partial charge in [-0.2, -0.15) is 5.26 Å². The fourth-order valence-electron chi connectivity index (χ4n) is 1.68. The first-order valence-electron chi connectivity index (χ1n) is 6.10. The van der Waals surface area contributed by atoms with Crippen LogP contribution in [0.1, 0.15) is 36.8 Å². The van der Waals surface area contributed by atoms with Gasteiger partial charge >= 0.3 is 5.97 Å². The van der Waals surface area contributed by atoms with E-state index in [0.717, 1.165) is 30.6 Å². The van der Waals surface area contributed by atoms with E-state index < -0.39 is 5.97 Å². The molecule has 4 nitrogen and oxygen atoms in total. The van der Waals surface area contributed by atoms with Crippen LogP contribution in [0.5, 0.6) is 0 Å². The standard InChI is InChI=1S/C14H18N2O2/c1-11-6-7-12(10-15)9-13(11)16-8-4-2-3-5-14(17)18/h6-7,9,16H,2-5,8H2,1H3,(H,17,18). The summed E-state index contributed by atoms with van der Waals surface area (Å²) in [6, 6.07) is 7.67. The Morgan fingerprint density at radius 3 is 2.83 bits per heavy atom. The number of aliphatic carboxylic acids is 1. The van der Waals surface area contributed by atoms with Crippen LogP contribution < -0.4 is 5.32 Å². The van der Waals surface area contributed by atoms with Gasteiger partial charge in [-0.1, -0.05) is 12.5 Å². The molecular formula is C14H18N2O2. The summed E-state index contributed by atoms with van der Waals surface area (Å²) >= 11 is 0. The molecule has 0 atom stereocenters. The summed E-state index contributed by atoms with van der Waals surface area (Å²) in [5.74, 6) is -0.736. The molecule has 0 spiro atoms. The van der Waals surface area contributed by atoms with Gasteiger partial charge in [-0.05, 0) is 37.5 Å². The monoisotopic (exact) mass is 246 g/mol. The van der Waals surface area contributed by atoms with Gasteiger partial charge in [0.25, 0.3) is 0 Å². The molecule has 4 heteroatoms. The van der Waals surface area contributed by atoms with Gasteiger partial charge in [-0.15, -0.1) is 0 Å². The van der Waals surface area contributed by atoms with Gasteiger partial charge in [-0.25, -0.2) is 0 Å². The van der Waals surface area contributed by atoms with Crippen molar-refractivity contribution in [2.45, 2.75) is 32.6 Å². The number of hydrogen-bond donors (Lipinski definition) is 2. The molecule has 0 unspecified atom stereocenters. The zero-order valence-electron chi connectivity index (χ0n) is 10.6. The predicted molar refractivity (Wildman–Crippen MR) is 70.5 cm³/mol. The van der Waals surface area contributed by atoms with E-state index in [0.29, 0.717) is 12.0 Å². The van der Waals surface area contributed by atoms with Crippen LogP contribution in [0.2, 0.25) is 0 Å². The molecule has 0 radical (unpaired) electrons. The SMILES string of the molecule is Cc1ccc(C#N)cc1NCCCCCC(=O)O. The first-order valence-corrected chi connectivity index (χ1v) is 6.10. The molecule has 96 valence electrons. The summed E-state index contributed by atoms with van der Waals surface area (Å²) in [4.78, 5) is 10.3. The number of nitrogens with one attached hydrogen (secondary N) is 1. The summed E-state index contributed by atoms with van der Waals surface area (Å²) in [5.41, 5.74) is 2.74. The molecular weight excluding hydrogens is 228 g/mol. The van der Waals surface area contributed by atoms with E-state index in [-0.39, 0.29) is 6.42 Å². The minimum Gasteiger partial charge on any atom is -0.481 e. The Bertz CT molecular complexity index is 450. The van der Waals surface area contributed by atoms with Crippen LogP contribution >= 0.6 is 0 Å². The Labute approximate surface area is 107 Å². The van der Waals surface area contributed by atoms with Crippen LogP contribution in [0.4, 0.5) is 5.69 Å². The smallest absolute Gasteiger partial charge is 0.303 e. The summed E-state index contributed by atoms with van der Waals surface area (Å²) in [5, 5.41) is 20.6. The third kappa shape index (κ3) is 4.88. The lowest BCUT2D eigenvalue weighted by Crippen LogP contribution is -2.04. The molecule has 0 fully saturated rings. The van der Waals surface area contributed by atoms with Crippen molar-refractivity contribution in [3.63, 3.8) is 0 Å². The molecule has 0 aliphatic rings. The molecule has 0 saturated heterocycles. The molecule has 1 rings (SSSR count). The second-order valence-electron chi connectivity index (χ2n) is 4.27. The maximum absolute atomic E-state index is 10.3. The second-order valence-corrected chi connectivity index (χ2v) is 4.27. The van der Waals surface area contributed by atoms with Crippen molar-refractivity contribution in [2.75, 3.05) is 11.9 Å². The fraction of sp³-hybridized carbons (Fsp3) is 0.429. The van der Waals surface area contributed by atoms with Crippen molar-refractivity contribution in [1.82, 2.24) is 0 Å². The minimum absolute atomic E-state index is 0.239. The summed E-state index contributed by atoms with van der Waals surface area (Å²) in [6.45, 7) is 2.79. The summed E-state index contributed by atoms with van der Waals surface area (Å²) < 4.78 is 0. The maximum Gasteiger partial charge on any atom is 0.303 e. The normalized spacial score (nSPS) is 9.78. The number of anilines is 1. The molecule has 1 aromatic rings. The highest BCUT2D eigenvalue weighted by molar-refractivity contribution is 5.66. The number of carboxylic acids is 1. The molecule has 18 heavy (non-hydrogen) atoms. The number of aryl methyl sites for hydroxylation is 1. The maximum atomic E-state index is 10.3. The van der Waals surface area contributed by atoms with Crippen LogP contribution in [0.3, 0.4) is 0 Å². The minimum atomic E-state index is -0.736. The van der Waals surface area contributed by atoms with Gasteiger partial charge in [0, 0.05) is 18.7 Å². The third-order valence-electron chi connectivity index (χ3n) is 2.75. The van der Waals surface area contributed by atoms with E-state index in [1.807, 2.05) is 19.1 Å². The molecule has 0 aliphatic carbocycles. The highest BCUT2D eigenvalue weighted by Crippen LogP contribution is 2.16. The molecule has 0 saturated carbocycles. The zero-order valence-corrected chi connectivity index (χ0v) is 10.6. The van der Waals surface area contributed by atoms with E-state index >= 15 is 0 Å². The van der Waals surface area contributed by atoms with Crippen molar-refractivity contribution < 1.29 is 9.90 Å². The van der Waals surface area contributed by atoms with E-state index in [2.05, 4.69) is 11.4 Å². The Hall–Kier alpha value is -2.02. The molecule has 0 amide bonds. The van der Waals surface area contributed by atoms with Gasteiger partial charge in [0.05, 0.1) is 11.6 Å². The molecule has 0 heterocycles. The lowest BCUT2D eigenvalue weighted by molar-refractivity contribution is -0.137. The number of benzene rings is 1. The number of carboxylic acid groups (broad SMARTS) is 1. The zero-order chi connectivity index (χ0) is 13.4. The number of unbranched alkanes of at least 4 members (excludes halogenated alkanes) is 2. The van der Waals surface area contributed by atoms with Gasteiger partial charge in [0.1, 0.15) is 0 Å². The number of rotatable bonds is 7. The van der Waals surface area contributed by atoms with E-state index in [4.69, 9.17) is 10.4 Å². The summed E-state index contributed by atoms with van der Waals surface area (Å²) in [6.07, 6.45) is 2.79. The number of nitrogens with zero attached hydrogens (tertiary/aromatic N) is 1. The van der Waals surface area contributed by atoms with Crippen molar-refractivity contribution in [3.05, 3.63) is 29.3 Å². The van der Waals surface area contributed by atoms with E-state index in [9.17, 15) is 4.79 Å². The third-order valence-corrected chi connectivity index (χ3v) is 2.75. The Morgan fingerprint density at radius 1 is 1.39 bits per heavy atom. The van der Waals surface area contributed by atoms with Gasteiger partial charge in [-0.3, -0.25) is 4.79 Å². The van der Waals surface area contributed by atoms with E-state index in [1.54, 1.807) is 6.07 Å². The van der Waals surface area contributed by atoms with Crippen molar-refractivity contribution in [1.29, 1.82) is 5.26 Å². The first kappa shape index (κ1) is 14.0. The molecule has 1 aromatic carbocycles. The molecule has 0 bridgehead atoms. The molecule has 2 N–H and O–H groups in total. The van der Waals surface area contributed by atoms with Crippen LogP contribution in [-0.4, -0.2) is 17.6 Å². The number of hydrogen-bond acceptors (Lipinski definition) is 3. The highest BCUT2D eigenvalue weighted by Gasteiger charge is 2.00. The average Bonchev–Trinajstić information content (AvgIpc) is 2.35. The number of nitriles is 1. The van der Waals surface area contributed by atoms with Crippen molar-refractivity contribution >= 4 is 11.7 Å². The number of carbonyl (C=O) groups is 1. The molecule has 0 aliphatic heterocycles. The van der Waals surface area contributed by atoms with Crippen molar-refractivity contribution in [3.8, 4) is 6.07 Å². The van der Waals surface area contributed by atoms with Crippen LogP contribution in [0.15, 0.2) is 18.2 Å².